The van der Waals surface area contributed by atoms with Crippen LogP contribution in [0.25, 0.3) is 0 Å². The van der Waals surface area contributed by atoms with Gasteiger partial charge in [-0.3, -0.25) is 0 Å². The van der Waals surface area contributed by atoms with Gasteiger partial charge in [0.1, 0.15) is 5.60 Å². The van der Waals surface area contributed by atoms with E-state index in [1.54, 1.807) is 11.9 Å². The van der Waals surface area contributed by atoms with Crippen LogP contribution in [0.3, 0.4) is 0 Å². The van der Waals surface area contributed by atoms with Crippen LogP contribution in [-0.4, -0.2) is 49.9 Å². The van der Waals surface area contributed by atoms with Gasteiger partial charge in [-0.25, -0.2) is 4.79 Å². The van der Waals surface area contributed by atoms with Gasteiger partial charge in [0.2, 0.25) is 0 Å². The number of rotatable bonds is 1. The minimum absolute atomic E-state index is 0.201. The van der Waals surface area contributed by atoms with Crippen LogP contribution in [0.15, 0.2) is 11.1 Å². The van der Waals surface area contributed by atoms with Crippen molar-refractivity contribution in [2.45, 2.75) is 32.3 Å². The fourth-order valence-electron chi connectivity index (χ4n) is 2.35. The number of aryl methyl sites for hydroxylation is 1. The van der Waals surface area contributed by atoms with E-state index in [-0.39, 0.29) is 12.0 Å². The molecule has 0 bridgehead atoms. The Kier molecular flexibility index (Phi) is 2.42. The van der Waals surface area contributed by atoms with E-state index in [2.05, 4.69) is 15.4 Å². The summed E-state index contributed by atoms with van der Waals surface area (Å²) in [5, 5.41) is 12.0. The van der Waals surface area contributed by atoms with Crippen molar-refractivity contribution < 1.29 is 9.53 Å². The Labute approximate surface area is 111 Å². The average molecular weight is 263 g/mol. The third kappa shape index (κ3) is 2.20. The number of ether oxygens (including phenoxy) is 1. The molecule has 0 saturated carbocycles. The third-order valence-corrected chi connectivity index (χ3v) is 3.18. The van der Waals surface area contributed by atoms with E-state index in [1.807, 2.05) is 20.8 Å². The maximum absolute atomic E-state index is 11.9. The molecule has 0 saturated heterocycles. The topological polar surface area (TPSA) is 73.1 Å². The minimum atomic E-state index is -0.453. The lowest BCUT2D eigenvalue weighted by molar-refractivity contribution is 0.0291. The molecular weight excluding hydrogens is 246 g/mol. The number of piperidine rings is 1. The highest BCUT2D eigenvalue weighted by atomic mass is 16.6. The lowest BCUT2D eigenvalue weighted by Crippen LogP contribution is -2.37. The molecule has 0 radical (unpaired) electrons. The number of hydrogen-bond donors (Lipinski definition) is 0. The minimum Gasteiger partial charge on any atom is -0.444 e. The summed E-state index contributed by atoms with van der Waals surface area (Å²) < 4.78 is 5.35. The number of nitrogens with zero attached hydrogens (tertiary/aromatic N) is 5. The molecule has 102 valence electrons. The zero-order valence-electron chi connectivity index (χ0n) is 11.5. The molecule has 0 unspecified atom stereocenters. The number of amides is 1. The van der Waals surface area contributed by atoms with Gasteiger partial charge in [-0.1, -0.05) is 0 Å². The van der Waals surface area contributed by atoms with Gasteiger partial charge in [-0.15, -0.1) is 10.2 Å². The van der Waals surface area contributed by atoms with Crippen LogP contribution >= 0.6 is 0 Å². The second-order valence-corrected chi connectivity index (χ2v) is 5.96. The zero-order valence-corrected chi connectivity index (χ0v) is 11.5. The molecule has 19 heavy (non-hydrogen) atoms. The number of carbonyl (C=O) groups is 1. The standard InChI is InChI=1S/C12H17N5O2/c1-12(2,3)19-11(18)17-5-7-8(6-17)9(7)10-13-15-16(4)14-10/h9H,5-6H2,1-4H3. The summed E-state index contributed by atoms with van der Waals surface area (Å²) in [5.74, 6) is 0.934. The zero-order chi connectivity index (χ0) is 13.8. The maximum atomic E-state index is 11.9. The highest BCUT2D eigenvalue weighted by Gasteiger charge is 2.48. The van der Waals surface area contributed by atoms with Crippen molar-refractivity contribution in [3.63, 3.8) is 0 Å². The van der Waals surface area contributed by atoms with Crippen LogP contribution < -0.4 is 0 Å². The summed E-state index contributed by atoms with van der Waals surface area (Å²) in [6, 6.07) is 0. The van der Waals surface area contributed by atoms with E-state index in [4.69, 9.17) is 4.74 Å². The predicted octanol–water partition coefficient (Wildman–Crippen LogP) is 0.855. The molecule has 1 aromatic rings. The lowest BCUT2D eigenvalue weighted by atomic mass is 10.2. The van der Waals surface area contributed by atoms with E-state index >= 15 is 0 Å². The first-order valence-corrected chi connectivity index (χ1v) is 6.29. The molecule has 3 rings (SSSR count). The lowest BCUT2D eigenvalue weighted by Gasteiger charge is -2.26. The van der Waals surface area contributed by atoms with Crippen molar-refractivity contribution in [1.82, 2.24) is 25.1 Å². The molecule has 7 heteroatoms. The Morgan fingerprint density at radius 3 is 2.42 bits per heavy atom. The van der Waals surface area contributed by atoms with Gasteiger partial charge >= 0.3 is 6.09 Å². The van der Waals surface area contributed by atoms with Gasteiger partial charge in [0.05, 0.1) is 13.0 Å². The summed E-state index contributed by atoms with van der Waals surface area (Å²) in [5.41, 5.74) is 2.02. The summed E-state index contributed by atoms with van der Waals surface area (Å²) in [6.07, 6.45) is -0.259. The molecule has 0 atom stereocenters. The van der Waals surface area contributed by atoms with Gasteiger partial charge < -0.3 is 9.64 Å². The number of carbonyl (C=O) groups excluding carboxylic acids is 1. The molecular formula is C12H17N5O2. The Hall–Kier alpha value is -1.92. The van der Waals surface area contributed by atoms with Crippen LogP contribution in [0.1, 0.15) is 32.5 Å². The molecule has 7 nitrogen and oxygen atoms in total. The summed E-state index contributed by atoms with van der Waals surface area (Å²) in [4.78, 5) is 15.1. The van der Waals surface area contributed by atoms with Gasteiger partial charge in [0, 0.05) is 13.1 Å². The van der Waals surface area contributed by atoms with Crippen molar-refractivity contribution in [2.24, 2.45) is 7.05 Å². The van der Waals surface area contributed by atoms with Crippen molar-refractivity contribution >= 4 is 6.09 Å². The predicted molar refractivity (Wildman–Crippen MR) is 66.4 cm³/mol. The summed E-state index contributed by atoms with van der Waals surface area (Å²) in [6.45, 7) is 6.84. The monoisotopic (exact) mass is 263 g/mol. The van der Waals surface area contributed by atoms with E-state index in [1.165, 1.54) is 15.9 Å². The van der Waals surface area contributed by atoms with Gasteiger partial charge in [0.15, 0.2) is 5.82 Å². The van der Waals surface area contributed by atoms with Gasteiger partial charge in [0.25, 0.3) is 0 Å². The first-order valence-electron chi connectivity index (χ1n) is 6.29. The number of tetrazole rings is 1. The summed E-state index contributed by atoms with van der Waals surface area (Å²) >= 11 is 0. The fraction of sp³-hybridized carbons (Fsp3) is 0.667. The van der Waals surface area contributed by atoms with Crippen molar-refractivity contribution in [2.75, 3.05) is 13.1 Å². The third-order valence-electron chi connectivity index (χ3n) is 3.18. The molecule has 1 aromatic heterocycles. The maximum Gasteiger partial charge on any atom is 0.410 e. The number of hydrogen-bond acceptors (Lipinski definition) is 5. The van der Waals surface area contributed by atoms with E-state index < -0.39 is 5.60 Å². The van der Waals surface area contributed by atoms with Gasteiger partial charge in [-0.2, -0.15) is 4.80 Å². The summed E-state index contributed by atoms with van der Waals surface area (Å²) in [7, 11) is 1.75. The number of likely N-dealkylation sites (tertiary alicyclic amines) is 1. The Morgan fingerprint density at radius 1 is 1.32 bits per heavy atom. The molecule has 2 heterocycles. The molecule has 0 fully saturated rings. The van der Waals surface area contributed by atoms with Crippen LogP contribution in [-0.2, 0) is 11.8 Å². The molecule has 0 N–H and O–H groups in total. The van der Waals surface area contributed by atoms with Crippen LogP contribution in [0.5, 0.6) is 0 Å². The molecule has 2 aliphatic rings. The Morgan fingerprint density at radius 2 is 1.95 bits per heavy atom. The molecule has 1 amide bonds. The van der Waals surface area contributed by atoms with E-state index in [0.717, 1.165) is 5.82 Å². The average Bonchev–Trinajstić information content (AvgIpc) is 2.67. The first-order chi connectivity index (χ1) is 8.85. The van der Waals surface area contributed by atoms with Crippen LogP contribution in [0.2, 0.25) is 0 Å². The van der Waals surface area contributed by atoms with Crippen LogP contribution in [0.4, 0.5) is 4.79 Å². The quantitative estimate of drug-likeness (QED) is 0.702. The molecule has 1 aliphatic carbocycles. The first kappa shape index (κ1) is 12.1. The highest BCUT2D eigenvalue weighted by Crippen LogP contribution is 2.50. The molecule has 1 aliphatic heterocycles. The van der Waals surface area contributed by atoms with Gasteiger partial charge in [-0.05, 0) is 37.1 Å². The molecule has 0 aromatic carbocycles. The Bertz CT molecular complexity index is 553. The fourth-order valence-corrected chi connectivity index (χ4v) is 2.35. The van der Waals surface area contributed by atoms with Crippen molar-refractivity contribution in [3.8, 4) is 0 Å². The van der Waals surface area contributed by atoms with E-state index in [0.29, 0.717) is 13.1 Å². The van der Waals surface area contributed by atoms with E-state index in [9.17, 15) is 4.79 Å². The van der Waals surface area contributed by atoms with Crippen molar-refractivity contribution in [3.05, 3.63) is 17.0 Å². The van der Waals surface area contributed by atoms with Crippen LogP contribution in [0, 0.1) is 0 Å². The second-order valence-electron chi connectivity index (χ2n) is 5.96. The molecule has 0 spiro atoms. The normalized spacial score (nSPS) is 18.8. The SMILES string of the molecule is Cn1nnc(C2C3=C2CN(C(=O)OC(C)(C)C)C3)n1. The number of aromatic nitrogens is 4. The van der Waals surface area contributed by atoms with Crippen molar-refractivity contribution in [1.29, 1.82) is 0 Å². The highest BCUT2D eigenvalue weighted by molar-refractivity contribution is 5.73. The largest absolute Gasteiger partial charge is 0.444 e. The Balaban J connectivity index is 1.58. The smallest absolute Gasteiger partial charge is 0.410 e. The second kappa shape index (κ2) is 3.79.